The van der Waals surface area contributed by atoms with Crippen molar-refractivity contribution in [3.63, 3.8) is 0 Å². The summed E-state index contributed by atoms with van der Waals surface area (Å²) in [6, 6.07) is 4.04. The van der Waals surface area contributed by atoms with Crippen LogP contribution in [0.15, 0.2) is 22.9 Å². The number of hydrogen-bond donors (Lipinski definition) is 1. The molecule has 2 fully saturated rings. The molecule has 0 aromatic carbocycles. The number of methoxy groups -OCH3 is 1. The number of aliphatic hydroxyl groups excluding tert-OH is 1. The molecule has 1 aromatic heterocycles. The molecule has 2 aliphatic rings. The van der Waals surface area contributed by atoms with E-state index in [0.29, 0.717) is 13.0 Å². The quantitative estimate of drug-likeness (QED) is 0.807. The highest BCUT2D eigenvalue weighted by molar-refractivity contribution is 7.07. The average Bonchev–Trinajstić information content (AvgIpc) is 3.17. The molecule has 0 amide bonds. The number of carbonyl (C=O) groups excluding carboxylic acids is 1. The summed E-state index contributed by atoms with van der Waals surface area (Å²) in [6.45, 7) is 1.23. The highest BCUT2D eigenvalue weighted by Crippen LogP contribution is 2.40. The van der Waals surface area contributed by atoms with E-state index >= 15 is 0 Å². The summed E-state index contributed by atoms with van der Waals surface area (Å²) in [5, 5.41) is 11.1. The molecular weight excluding hydrogens is 281 g/mol. The first-order chi connectivity index (χ1) is 9.69. The van der Waals surface area contributed by atoms with Gasteiger partial charge in [0.25, 0.3) is 0 Å². The van der Waals surface area contributed by atoms with E-state index in [1.165, 1.54) is 7.11 Å². The predicted molar refractivity (Wildman–Crippen MR) is 77.5 cm³/mol. The number of esters is 1. The van der Waals surface area contributed by atoms with Crippen LogP contribution in [0.5, 0.6) is 0 Å². The van der Waals surface area contributed by atoms with Crippen LogP contribution in [0, 0.1) is 0 Å². The Morgan fingerprint density at radius 2 is 2.10 bits per heavy atom. The van der Waals surface area contributed by atoms with E-state index in [9.17, 15) is 9.18 Å². The minimum absolute atomic E-state index is 0.259. The summed E-state index contributed by atoms with van der Waals surface area (Å²) in [4.78, 5) is 13.5. The summed E-state index contributed by atoms with van der Waals surface area (Å²) < 4.78 is 17.9. The Kier molecular flexibility index (Phi) is 7.12. The van der Waals surface area contributed by atoms with E-state index in [0.717, 1.165) is 26.5 Å². The second kappa shape index (κ2) is 8.34. The molecule has 0 aliphatic carbocycles. The molecule has 0 saturated carbocycles. The van der Waals surface area contributed by atoms with Gasteiger partial charge in [0.1, 0.15) is 11.7 Å². The average molecular weight is 303 g/mol. The molecule has 4 nitrogen and oxygen atoms in total. The van der Waals surface area contributed by atoms with Crippen molar-refractivity contribution in [1.29, 1.82) is 0 Å². The topological polar surface area (TPSA) is 49.8 Å². The normalized spacial score (nSPS) is 27.7. The molecule has 3 heterocycles. The van der Waals surface area contributed by atoms with E-state index in [-0.39, 0.29) is 5.97 Å². The first kappa shape index (κ1) is 17.1. The number of thiophene rings is 1. The van der Waals surface area contributed by atoms with Gasteiger partial charge >= 0.3 is 5.97 Å². The number of ether oxygens (including phenoxy) is 1. The summed E-state index contributed by atoms with van der Waals surface area (Å²) in [5.74, 6) is -0.259. The summed E-state index contributed by atoms with van der Waals surface area (Å²) in [7, 11) is 2.37. The maximum Gasteiger partial charge on any atom is 0.326 e. The van der Waals surface area contributed by atoms with Gasteiger partial charge in [-0.25, -0.2) is 4.39 Å². The van der Waals surface area contributed by atoms with Gasteiger partial charge in [-0.3, -0.25) is 9.69 Å². The van der Waals surface area contributed by atoms with Crippen LogP contribution in [-0.4, -0.2) is 55.0 Å². The van der Waals surface area contributed by atoms with Crippen LogP contribution >= 0.6 is 11.3 Å². The fourth-order valence-electron chi connectivity index (χ4n) is 2.83. The van der Waals surface area contributed by atoms with Crippen molar-refractivity contribution in [1.82, 2.24) is 4.90 Å². The Bertz CT molecular complexity index is 371. The molecule has 0 bridgehead atoms. The predicted octanol–water partition coefficient (Wildman–Crippen LogP) is 2.09. The van der Waals surface area contributed by atoms with Gasteiger partial charge in [0, 0.05) is 20.1 Å². The standard InChI is InChI=1S/C9H14FNO2.C4H4S.CH4O/c1-13-8(12)9-3-2-4-11(9)6-7(10)5-9;1-2-4-5-3-1;1-2/h7H,2-6H2,1H3;1-4H;2H,1H3/t7-,9-;;/m0../s1. The van der Waals surface area contributed by atoms with Crippen LogP contribution in [0.2, 0.25) is 0 Å². The number of halogens is 1. The SMILES string of the molecule is CO.COC(=O)[C@@]12CCCN1C[C@@H](F)C2.c1ccsc1. The second-order valence-electron chi connectivity index (χ2n) is 4.67. The van der Waals surface area contributed by atoms with Crippen molar-refractivity contribution in [2.75, 3.05) is 27.3 Å². The van der Waals surface area contributed by atoms with Crippen LogP contribution in [0.25, 0.3) is 0 Å². The van der Waals surface area contributed by atoms with Crippen LogP contribution < -0.4 is 0 Å². The van der Waals surface area contributed by atoms with Crippen molar-refractivity contribution < 1.29 is 19.0 Å². The summed E-state index contributed by atoms with van der Waals surface area (Å²) >= 11 is 1.71. The lowest BCUT2D eigenvalue weighted by atomic mass is 9.94. The Morgan fingerprint density at radius 1 is 1.45 bits per heavy atom. The number of nitrogens with zero attached hydrogens (tertiary/aromatic N) is 1. The van der Waals surface area contributed by atoms with Crippen LogP contribution in [0.4, 0.5) is 4.39 Å². The lowest BCUT2D eigenvalue weighted by Gasteiger charge is -2.27. The maximum absolute atomic E-state index is 13.1. The Balaban J connectivity index is 0.000000239. The fraction of sp³-hybridized carbons (Fsp3) is 0.643. The Labute approximate surface area is 123 Å². The molecule has 2 aliphatic heterocycles. The summed E-state index contributed by atoms with van der Waals surface area (Å²) in [6.07, 6.45) is 1.18. The van der Waals surface area contributed by atoms with Crippen molar-refractivity contribution in [3.05, 3.63) is 22.9 Å². The van der Waals surface area contributed by atoms with Crippen LogP contribution in [0.1, 0.15) is 19.3 Å². The first-order valence-corrected chi connectivity index (χ1v) is 7.53. The number of fused-ring (bicyclic) bond motifs is 1. The van der Waals surface area contributed by atoms with E-state index in [1.54, 1.807) is 11.3 Å². The smallest absolute Gasteiger partial charge is 0.326 e. The van der Waals surface area contributed by atoms with Gasteiger partial charge in [-0.2, -0.15) is 11.3 Å². The Hall–Kier alpha value is -0.980. The molecule has 0 unspecified atom stereocenters. The number of hydrogen-bond acceptors (Lipinski definition) is 5. The zero-order chi connectivity index (χ0) is 15.0. The zero-order valence-corrected chi connectivity index (χ0v) is 12.7. The largest absolute Gasteiger partial charge is 0.468 e. The molecule has 2 saturated heterocycles. The number of carbonyl (C=O) groups is 1. The molecule has 3 rings (SSSR count). The highest BCUT2D eigenvalue weighted by atomic mass is 32.1. The minimum Gasteiger partial charge on any atom is -0.468 e. The Morgan fingerprint density at radius 3 is 2.60 bits per heavy atom. The second-order valence-corrected chi connectivity index (χ2v) is 5.48. The number of aliphatic hydroxyl groups is 1. The van der Waals surface area contributed by atoms with Gasteiger partial charge in [-0.05, 0) is 30.1 Å². The van der Waals surface area contributed by atoms with Crippen molar-refractivity contribution in [3.8, 4) is 0 Å². The van der Waals surface area contributed by atoms with Crippen molar-refractivity contribution in [2.45, 2.75) is 31.0 Å². The van der Waals surface area contributed by atoms with Gasteiger partial charge in [0.2, 0.25) is 0 Å². The van der Waals surface area contributed by atoms with Crippen LogP contribution in [0.3, 0.4) is 0 Å². The fourth-order valence-corrected chi connectivity index (χ4v) is 3.29. The third kappa shape index (κ3) is 3.77. The molecule has 1 aromatic rings. The third-order valence-electron chi connectivity index (χ3n) is 3.59. The maximum atomic E-state index is 13.1. The molecule has 2 atom stereocenters. The first-order valence-electron chi connectivity index (χ1n) is 6.58. The molecule has 0 radical (unpaired) electrons. The van der Waals surface area contributed by atoms with Gasteiger partial charge in [0.15, 0.2) is 0 Å². The monoisotopic (exact) mass is 303 g/mol. The summed E-state index contributed by atoms with van der Waals surface area (Å²) in [5.41, 5.74) is -0.617. The van der Waals surface area contributed by atoms with Crippen molar-refractivity contribution in [2.24, 2.45) is 0 Å². The van der Waals surface area contributed by atoms with Gasteiger partial charge in [-0.1, -0.05) is 12.1 Å². The molecular formula is C14H22FNO3S. The van der Waals surface area contributed by atoms with E-state index in [2.05, 4.69) is 0 Å². The van der Waals surface area contributed by atoms with Gasteiger partial charge in [0.05, 0.1) is 7.11 Å². The van der Waals surface area contributed by atoms with Gasteiger partial charge in [-0.15, -0.1) is 0 Å². The molecule has 20 heavy (non-hydrogen) atoms. The number of rotatable bonds is 1. The van der Waals surface area contributed by atoms with Crippen molar-refractivity contribution >= 4 is 17.3 Å². The highest BCUT2D eigenvalue weighted by Gasteiger charge is 2.54. The number of alkyl halides is 1. The van der Waals surface area contributed by atoms with E-state index in [1.807, 2.05) is 27.8 Å². The minimum atomic E-state index is -0.862. The van der Waals surface area contributed by atoms with Crippen LogP contribution in [-0.2, 0) is 9.53 Å². The lowest BCUT2D eigenvalue weighted by Crippen LogP contribution is -2.46. The lowest BCUT2D eigenvalue weighted by molar-refractivity contribution is -0.151. The third-order valence-corrected chi connectivity index (χ3v) is 4.22. The molecule has 114 valence electrons. The zero-order valence-electron chi connectivity index (χ0n) is 11.9. The molecule has 6 heteroatoms. The van der Waals surface area contributed by atoms with E-state index in [4.69, 9.17) is 9.84 Å². The molecule has 1 N–H and O–H groups in total. The van der Waals surface area contributed by atoms with Gasteiger partial charge < -0.3 is 9.84 Å². The van der Waals surface area contributed by atoms with E-state index < -0.39 is 11.7 Å². The molecule has 0 spiro atoms.